The first-order valence-corrected chi connectivity index (χ1v) is 8.00. The van der Waals surface area contributed by atoms with Crippen LogP contribution in [0.15, 0.2) is 54.6 Å². The van der Waals surface area contributed by atoms with Gasteiger partial charge in [0.05, 0.1) is 19.8 Å². The second-order valence-corrected chi connectivity index (χ2v) is 5.55. The maximum Gasteiger partial charge on any atom is 0.119 e. The van der Waals surface area contributed by atoms with Gasteiger partial charge in [-0.25, -0.2) is 0 Å². The second kappa shape index (κ2) is 7.97. The molecule has 2 aromatic rings. The third-order valence-electron chi connectivity index (χ3n) is 3.95. The highest BCUT2D eigenvalue weighted by Crippen LogP contribution is 2.22. The van der Waals surface area contributed by atoms with Crippen LogP contribution in [0.4, 0.5) is 0 Å². The van der Waals surface area contributed by atoms with Crippen LogP contribution in [-0.2, 0) is 4.74 Å². The van der Waals surface area contributed by atoms with E-state index in [1.165, 1.54) is 11.1 Å². The minimum Gasteiger partial charge on any atom is -0.494 e. The van der Waals surface area contributed by atoms with Crippen LogP contribution < -0.4 is 4.74 Å². The van der Waals surface area contributed by atoms with Crippen LogP contribution in [0.3, 0.4) is 0 Å². The molecule has 0 bridgehead atoms. The van der Waals surface area contributed by atoms with E-state index >= 15 is 0 Å². The van der Waals surface area contributed by atoms with E-state index in [2.05, 4.69) is 53.4 Å². The van der Waals surface area contributed by atoms with Gasteiger partial charge in [-0.05, 0) is 29.7 Å². The molecular formula is C19H23NO2. The van der Waals surface area contributed by atoms with Crippen LogP contribution in [0.25, 0.3) is 11.1 Å². The van der Waals surface area contributed by atoms with E-state index < -0.39 is 0 Å². The van der Waals surface area contributed by atoms with Crippen molar-refractivity contribution in [3.05, 3.63) is 54.6 Å². The van der Waals surface area contributed by atoms with Gasteiger partial charge in [0, 0.05) is 19.6 Å². The molecule has 0 aliphatic carbocycles. The molecule has 1 heterocycles. The maximum atomic E-state index is 5.83. The summed E-state index contributed by atoms with van der Waals surface area (Å²) in [7, 11) is 0. The van der Waals surface area contributed by atoms with Gasteiger partial charge in [0.2, 0.25) is 0 Å². The lowest BCUT2D eigenvalue weighted by Gasteiger charge is -2.26. The first-order chi connectivity index (χ1) is 10.9. The number of rotatable bonds is 6. The summed E-state index contributed by atoms with van der Waals surface area (Å²) in [5, 5.41) is 0. The normalized spacial score (nSPS) is 15.6. The molecule has 3 rings (SSSR count). The number of benzene rings is 2. The molecule has 0 aromatic heterocycles. The van der Waals surface area contributed by atoms with Crippen LogP contribution in [-0.4, -0.2) is 44.4 Å². The Morgan fingerprint density at radius 3 is 2.27 bits per heavy atom. The number of morpholine rings is 1. The van der Waals surface area contributed by atoms with Crippen molar-refractivity contribution in [1.82, 2.24) is 4.90 Å². The van der Waals surface area contributed by atoms with Crippen molar-refractivity contribution in [3.8, 4) is 16.9 Å². The lowest BCUT2D eigenvalue weighted by molar-refractivity contribution is 0.0358. The quantitative estimate of drug-likeness (QED) is 0.762. The Bertz CT molecular complexity index is 547. The van der Waals surface area contributed by atoms with Crippen LogP contribution in [0.2, 0.25) is 0 Å². The van der Waals surface area contributed by atoms with E-state index in [1.807, 2.05) is 6.07 Å². The van der Waals surface area contributed by atoms with E-state index in [0.29, 0.717) is 0 Å². The van der Waals surface area contributed by atoms with E-state index in [-0.39, 0.29) is 0 Å². The predicted molar refractivity (Wildman–Crippen MR) is 89.2 cm³/mol. The molecule has 0 atom stereocenters. The van der Waals surface area contributed by atoms with Crippen LogP contribution >= 0.6 is 0 Å². The molecule has 22 heavy (non-hydrogen) atoms. The zero-order valence-electron chi connectivity index (χ0n) is 12.9. The summed E-state index contributed by atoms with van der Waals surface area (Å²) in [5.74, 6) is 0.946. The second-order valence-electron chi connectivity index (χ2n) is 5.55. The number of hydrogen-bond acceptors (Lipinski definition) is 3. The Balaban J connectivity index is 1.43. The monoisotopic (exact) mass is 297 g/mol. The molecule has 116 valence electrons. The summed E-state index contributed by atoms with van der Waals surface area (Å²) in [6, 6.07) is 18.7. The zero-order chi connectivity index (χ0) is 15.0. The Kier molecular flexibility index (Phi) is 5.46. The fourth-order valence-corrected chi connectivity index (χ4v) is 2.68. The van der Waals surface area contributed by atoms with Gasteiger partial charge in [0.15, 0.2) is 0 Å². The van der Waals surface area contributed by atoms with Crippen molar-refractivity contribution in [3.63, 3.8) is 0 Å². The van der Waals surface area contributed by atoms with Gasteiger partial charge >= 0.3 is 0 Å². The van der Waals surface area contributed by atoms with E-state index in [1.54, 1.807) is 0 Å². The fourth-order valence-electron chi connectivity index (χ4n) is 2.68. The average molecular weight is 297 g/mol. The summed E-state index contributed by atoms with van der Waals surface area (Å²) in [4.78, 5) is 2.44. The topological polar surface area (TPSA) is 21.7 Å². The highest BCUT2D eigenvalue weighted by molar-refractivity contribution is 5.63. The van der Waals surface area contributed by atoms with Gasteiger partial charge in [0.1, 0.15) is 5.75 Å². The van der Waals surface area contributed by atoms with Crippen molar-refractivity contribution in [2.75, 3.05) is 39.5 Å². The van der Waals surface area contributed by atoms with E-state index in [9.17, 15) is 0 Å². The molecule has 0 saturated carbocycles. The minimum absolute atomic E-state index is 0.766. The highest BCUT2D eigenvalue weighted by Gasteiger charge is 2.09. The molecule has 1 aliphatic rings. The van der Waals surface area contributed by atoms with E-state index in [0.717, 1.165) is 51.6 Å². The molecule has 3 nitrogen and oxygen atoms in total. The van der Waals surface area contributed by atoms with Gasteiger partial charge < -0.3 is 9.47 Å². The molecule has 0 radical (unpaired) electrons. The average Bonchev–Trinajstić information content (AvgIpc) is 2.61. The van der Waals surface area contributed by atoms with Gasteiger partial charge in [-0.1, -0.05) is 42.5 Å². The Morgan fingerprint density at radius 1 is 0.864 bits per heavy atom. The lowest BCUT2D eigenvalue weighted by atomic mass is 10.1. The molecule has 3 heteroatoms. The third kappa shape index (κ3) is 4.33. The summed E-state index contributed by atoms with van der Waals surface area (Å²) in [6.45, 7) is 5.68. The number of hydrogen-bond donors (Lipinski definition) is 0. The summed E-state index contributed by atoms with van der Waals surface area (Å²) >= 11 is 0. The molecule has 0 spiro atoms. The Labute approximate surface area is 132 Å². The molecule has 0 N–H and O–H groups in total. The van der Waals surface area contributed by atoms with Crippen molar-refractivity contribution in [1.29, 1.82) is 0 Å². The molecule has 1 saturated heterocycles. The molecule has 2 aromatic carbocycles. The van der Waals surface area contributed by atoms with Gasteiger partial charge in [-0.2, -0.15) is 0 Å². The number of ether oxygens (including phenoxy) is 2. The maximum absolute atomic E-state index is 5.83. The summed E-state index contributed by atoms with van der Waals surface area (Å²) < 4.78 is 11.2. The molecule has 1 aliphatic heterocycles. The van der Waals surface area contributed by atoms with Crippen molar-refractivity contribution in [2.45, 2.75) is 6.42 Å². The van der Waals surface area contributed by atoms with Crippen molar-refractivity contribution < 1.29 is 9.47 Å². The molecule has 0 unspecified atom stereocenters. The van der Waals surface area contributed by atoms with Crippen molar-refractivity contribution >= 4 is 0 Å². The standard InChI is InChI=1S/C19H23NO2/c1-2-5-17(6-3-1)18-7-9-19(10-8-18)22-14-4-11-20-12-15-21-16-13-20/h1-3,5-10H,4,11-16H2. The molecular weight excluding hydrogens is 274 g/mol. The molecule has 0 amide bonds. The van der Waals surface area contributed by atoms with Gasteiger partial charge in [-0.3, -0.25) is 4.90 Å². The predicted octanol–water partition coefficient (Wildman–Crippen LogP) is 3.45. The van der Waals surface area contributed by atoms with Crippen molar-refractivity contribution in [2.24, 2.45) is 0 Å². The fraction of sp³-hybridized carbons (Fsp3) is 0.368. The summed E-state index contributed by atoms with van der Waals surface area (Å²) in [5.41, 5.74) is 2.46. The Hall–Kier alpha value is -1.84. The third-order valence-corrected chi connectivity index (χ3v) is 3.95. The van der Waals surface area contributed by atoms with Crippen LogP contribution in [0.5, 0.6) is 5.75 Å². The van der Waals surface area contributed by atoms with E-state index in [4.69, 9.17) is 9.47 Å². The van der Waals surface area contributed by atoms with Crippen LogP contribution in [0, 0.1) is 0 Å². The minimum atomic E-state index is 0.766. The van der Waals surface area contributed by atoms with Crippen LogP contribution in [0.1, 0.15) is 6.42 Å². The van der Waals surface area contributed by atoms with Gasteiger partial charge in [-0.15, -0.1) is 0 Å². The molecule has 1 fully saturated rings. The summed E-state index contributed by atoms with van der Waals surface area (Å²) in [6.07, 6.45) is 1.06. The lowest BCUT2D eigenvalue weighted by Crippen LogP contribution is -2.37. The van der Waals surface area contributed by atoms with Gasteiger partial charge in [0.25, 0.3) is 0 Å². The Morgan fingerprint density at radius 2 is 1.55 bits per heavy atom. The smallest absolute Gasteiger partial charge is 0.119 e. The highest BCUT2D eigenvalue weighted by atomic mass is 16.5. The SMILES string of the molecule is c1ccc(-c2ccc(OCCCN3CCOCC3)cc2)cc1. The first-order valence-electron chi connectivity index (χ1n) is 8.00. The largest absolute Gasteiger partial charge is 0.494 e. The zero-order valence-corrected chi connectivity index (χ0v) is 12.9. The number of nitrogens with zero attached hydrogens (tertiary/aromatic N) is 1. The first kappa shape index (κ1) is 15.1.